The third kappa shape index (κ3) is 4.04. The number of hydrogen-bond acceptors (Lipinski definition) is 5. The van der Waals surface area contributed by atoms with Crippen molar-refractivity contribution in [2.24, 2.45) is 0 Å². The zero-order chi connectivity index (χ0) is 16.2. The molecule has 0 aliphatic heterocycles. The van der Waals surface area contributed by atoms with Crippen molar-refractivity contribution in [3.63, 3.8) is 0 Å². The minimum atomic E-state index is -0.365. The lowest BCUT2D eigenvalue weighted by molar-refractivity contribution is 0.0992. The number of thiazole rings is 1. The van der Waals surface area contributed by atoms with Crippen molar-refractivity contribution in [3.05, 3.63) is 63.5 Å². The smallest absolute Gasteiger partial charge is 0.293 e. The summed E-state index contributed by atoms with van der Waals surface area (Å²) in [5, 5.41) is 5.86. The van der Waals surface area contributed by atoms with E-state index in [1.807, 2.05) is 0 Å². The Labute approximate surface area is 145 Å². The highest BCUT2D eigenvalue weighted by atomic mass is 35.5. The van der Waals surface area contributed by atoms with Crippen LogP contribution in [0.2, 0.25) is 10.0 Å². The fourth-order valence-electron chi connectivity index (χ4n) is 1.76. The average molecular weight is 369 g/mol. The Balaban J connectivity index is 1.62. The van der Waals surface area contributed by atoms with Crippen LogP contribution in [0, 0.1) is 0 Å². The van der Waals surface area contributed by atoms with Crippen LogP contribution in [0.15, 0.2) is 46.3 Å². The number of nitrogens with one attached hydrogen (secondary N) is 1. The molecule has 0 unspecified atom stereocenters. The average Bonchev–Trinajstić information content (AvgIpc) is 3.17. The molecule has 1 aromatic carbocycles. The van der Waals surface area contributed by atoms with E-state index in [1.54, 1.807) is 41.9 Å². The Morgan fingerprint density at radius 2 is 2.17 bits per heavy atom. The third-order valence-corrected chi connectivity index (χ3v) is 4.02. The van der Waals surface area contributed by atoms with Gasteiger partial charge in [0.15, 0.2) is 10.9 Å². The predicted molar refractivity (Wildman–Crippen MR) is 89.6 cm³/mol. The van der Waals surface area contributed by atoms with E-state index in [-0.39, 0.29) is 18.3 Å². The zero-order valence-corrected chi connectivity index (χ0v) is 13.9. The van der Waals surface area contributed by atoms with Gasteiger partial charge in [0.05, 0.1) is 5.02 Å². The maximum absolute atomic E-state index is 12.0. The zero-order valence-electron chi connectivity index (χ0n) is 11.6. The lowest BCUT2D eigenvalue weighted by Gasteiger charge is -2.06. The summed E-state index contributed by atoms with van der Waals surface area (Å²) in [6, 6.07) is 8.18. The van der Waals surface area contributed by atoms with Gasteiger partial charge in [-0.2, -0.15) is 0 Å². The first-order chi connectivity index (χ1) is 11.1. The summed E-state index contributed by atoms with van der Waals surface area (Å²) < 4.78 is 11.0. The molecule has 3 aromatic rings. The van der Waals surface area contributed by atoms with Gasteiger partial charge in [-0.25, -0.2) is 4.98 Å². The van der Waals surface area contributed by atoms with E-state index in [1.165, 1.54) is 11.3 Å². The molecule has 0 saturated carbocycles. The first kappa shape index (κ1) is 15.9. The molecular weight excluding hydrogens is 359 g/mol. The third-order valence-electron chi connectivity index (χ3n) is 2.80. The highest BCUT2D eigenvalue weighted by Gasteiger charge is 2.13. The van der Waals surface area contributed by atoms with Gasteiger partial charge in [-0.05, 0) is 30.3 Å². The fraction of sp³-hybridized carbons (Fsp3) is 0.0667. The number of anilines is 1. The van der Waals surface area contributed by atoms with Crippen LogP contribution in [0.1, 0.15) is 16.3 Å². The molecule has 3 rings (SSSR count). The molecule has 0 saturated heterocycles. The van der Waals surface area contributed by atoms with E-state index < -0.39 is 0 Å². The van der Waals surface area contributed by atoms with Gasteiger partial charge in [0, 0.05) is 16.6 Å². The summed E-state index contributed by atoms with van der Waals surface area (Å²) in [6.07, 6.45) is 1.61. The summed E-state index contributed by atoms with van der Waals surface area (Å²) >= 11 is 13.2. The minimum absolute atomic E-state index is 0.145. The van der Waals surface area contributed by atoms with Crippen molar-refractivity contribution in [2.45, 2.75) is 6.61 Å². The van der Waals surface area contributed by atoms with E-state index in [2.05, 4.69) is 10.3 Å². The van der Waals surface area contributed by atoms with E-state index >= 15 is 0 Å². The number of benzene rings is 1. The standard InChI is InChI=1S/C15H10Cl2N2O3S/c16-9-1-3-12(11(17)7-9)21-8-10-2-4-13(22-10)14(20)19-15-18-5-6-23-15/h1-7H,8H2,(H,18,19,20). The molecule has 0 bridgehead atoms. The van der Waals surface area contributed by atoms with Gasteiger partial charge in [-0.3, -0.25) is 10.1 Å². The van der Waals surface area contributed by atoms with Crippen LogP contribution in [0.4, 0.5) is 5.13 Å². The van der Waals surface area contributed by atoms with Crippen molar-refractivity contribution < 1.29 is 13.9 Å². The molecule has 1 amide bonds. The van der Waals surface area contributed by atoms with Crippen LogP contribution in [-0.4, -0.2) is 10.9 Å². The summed E-state index contributed by atoms with van der Waals surface area (Å²) in [7, 11) is 0. The van der Waals surface area contributed by atoms with E-state index in [0.29, 0.717) is 26.7 Å². The second kappa shape index (κ2) is 7.04. The van der Waals surface area contributed by atoms with Crippen LogP contribution >= 0.6 is 34.5 Å². The number of furan rings is 1. The number of carbonyl (C=O) groups excluding carboxylic acids is 1. The topological polar surface area (TPSA) is 64.4 Å². The molecule has 0 atom stereocenters. The van der Waals surface area contributed by atoms with Crippen molar-refractivity contribution in [1.29, 1.82) is 0 Å². The fourth-order valence-corrected chi connectivity index (χ4v) is 2.75. The van der Waals surface area contributed by atoms with Gasteiger partial charge in [-0.1, -0.05) is 23.2 Å². The van der Waals surface area contributed by atoms with Crippen LogP contribution < -0.4 is 10.1 Å². The molecule has 5 nitrogen and oxygen atoms in total. The molecule has 1 N–H and O–H groups in total. The van der Waals surface area contributed by atoms with Gasteiger partial charge >= 0.3 is 0 Å². The highest BCUT2D eigenvalue weighted by molar-refractivity contribution is 7.13. The molecule has 0 radical (unpaired) electrons. The minimum Gasteiger partial charge on any atom is -0.484 e. The molecule has 0 aliphatic carbocycles. The number of carbonyl (C=O) groups is 1. The van der Waals surface area contributed by atoms with Gasteiger partial charge < -0.3 is 9.15 Å². The number of amides is 1. The number of hydrogen-bond donors (Lipinski definition) is 1. The van der Waals surface area contributed by atoms with Gasteiger partial charge in [-0.15, -0.1) is 11.3 Å². The first-order valence-electron chi connectivity index (χ1n) is 6.49. The van der Waals surface area contributed by atoms with E-state index in [9.17, 15) is 4.79 Å². The van der Waals surface area contributed by atoms with Crippen LogP contribution in [0.5, 0.6) is 5.75 Å². The lowest BCUT2D eigenvalue weighted by Crippen LogP contribution is -2.10. The molecule has 0 aliphatic rings. The summed E-state index contributed by atoms with van der Waals surface area (Å²) in [4.78, 5) is 16.0. The first-order valence-corrected chi connectivity index (χ1v) is 8.13. The van der Waals surface area contributed by atoms with Crippen LogP contribution in [0.3, 0.4) is 0 Å². The maximum Gasteiger partial charge on any atom is 0.293 e. The second-order valence-corrected chi connectivity index (χ2v) is 6.16. The SMILES string of the molecule is O=C(Nc1nccs1)c1ccc(COc2ccc(Cl)cc2Cl)o1. The molecule has 2 aromatic heterocycles. The predicted octanol–water partition coefficient (Wildman–Crippen LogP) is 4.87. The molecule has 23 heavy (non-hydrogen) atoms. The lowest BCUT2D eigenvalue weighted by atomic mass is 10.3. The van der Waals surface area contributed by atoms with Gasteiger partial charge in [0.25, 0.3) is 5.91 Å². The normalized spacial score (nSPS) is 10.5. The molecule has 0 spiro atoms. The van der Waals surface area contributed by atoms with Gasteiger partial charge in [0.1, 0.15) is 18.1 Å². The molecule has 2 heterocycles. The van der Waals surface area contributed by atoms with E-state index in [0.717, 1.165) is 0 Å². The van der Waals surface area contributed by atoms with Crippen molar-refractivity contribution in [2.75, 3.05) is 5.32 Å². The quantitative estimate of drug-likeness (QED) is 0.697. The van der Waals surface area contributed by atoms with Crippen molar-refractivity contribution >= 4 is 45.6 Å². The second-order valence-electron chi connectivity index (χ2n) is 4.42. The summed E-state index contributed by atoms with van der Waals surface area (Å²) in [5.74, 6) is 0.804. The number of ether oxygens (including phenoxy) is 1. The number of rotatable bonds is 5. The van der Waals surface area contributed by atoms with Crippen LogP contribution in [-0.2, 0) is 6.61 Å². The maximum atomic E-state index is 12.0. The van der Waals surface area contributed by atoms with Crippen molar-refractivity contribution in [3.8, 4) is 5.75 Å². The summed E-state index contributed by atoms with van der Waals surface area (Å²) in [6.45, 7) is 0.145. The molecular formula is C15H10Cl2N2O3S. The van der Waals surface area contributed by atoms with Gasteiger partial charge in [0.2, 0.25) is 0 Å². The Kier molecular flexibility index (Phi) is 4.85. The number of aromatic nitrogens is 1. The Morgan fingerprint density at radius 3 is 2.91 bits per heavy atom. The number of halogens is 2. The van der Waals surface area contributed by atoms with Crippen LogP contribution in [0.25, 0.3) is 0 Å². The highest BCUT2D eigenvalue weighted by Crippen LogP contribution is 2.28. The largest absolute Gasteiger partial charge is 0.484 e. The van der Waals surface area contributed by atoms with E-state index in [4.69, 9.17) is 32.4 Å². The molecule has 118 valence electrons. The molecule has 0 fully saturated rings. The Bertz CT molecular complexity index is 818. The Hall–Kier alpha value is -2.02. The number of nitrogens with zero attached hydrogens (tertiary/aromatic N) is 1. The summed E-state index contributed by atoms with van der Waals surface area (Å²) in [5.41, 5.74) is 0. The molecule has 8 heteroatoms. The monoisotopic (exact) mass is 368 g/mol. The Morgan fingerprint density at radius 1 is 1.30 bits per heavy atom. The van der Waals surface area contributed by atoms with Crippen molar-refractivity contribution in [1.82, 2.24) is 4.98 Å².